The van der Waals surface area contributed by atoms with E-state index in [9.17, 15) is 0 Å². The highest BCUT2D eigenvalue weighted by Crippen LogP contribution is 2.27. The van der Waals surface area contributed by atoms with Gasteiger partial charge in [0.25, 0.3) is 0 Å². The summed E-state index contributed by atoms with van der Waals surface area (Å²) >= 11 is 0. The molecule has 2 heterocycles. The Morgan fingerprint density at radius 1 is 0.852 bits per heavy atom. The number of hydrogen-bond donors (Lipinski definition) is 0. The van der Waals surface area contributed by atoms with E-state index in [4.69, 9.17) is 9.84 Å². The van der Waals surface area contributed by atoms with Crippen molar-refractivity contribution >= 4 is 21.8 Å². The molecule has 3 aromatic carbocycles. The van der Waals surface area contributed by atoms with E-state index in [0.717, 1.165) is 38.8 Å². The summed E-state index contributed by atoms with van der Waals surface area (Å²) < 4.78 is 7.87. The van der Waals surface area contributed by atoms with Crippen LogP contribution in [0, 0.1) is 0 Å². The molecule has 0 atom stereocenters. The SMILES string of the molecule is c1ccc(COc2ccc3ncc4cn(-c5ccccc5)nc4c3c2)cc1. The van der Waals surface area contributed by atoms with Gasteiger partial charge >= 0.3 is 0 Å². The Labute approximate surface area is 156 Å². The molecule has 4 heteroatoms. The van der Waals surface area contributed by atoms with Gasteiger partial charge in [-0.05, 0) is 35.9 Å². The van der Waals surface area contributed by atoms with Crippen molar-refractivity contribution in [2.45, 2.75) is 6.61 Å². The first-order chi connectivity index (χ1) is 13.4. The van der Waals surface area contributed by atoms with E-state index in [0.29, 0.717) is 6.61 Å². The van der Waals surface area contributed by atoms with Crippen molar-refractivity contribution in [2.24, 2.45) is 0 Å². The Morgan fingerprint density at radius 2 is 1.63 bits per heavy atom. The van der Waals surface area contributed by atoms with Crippen molar-refractivity contribution in [1.29, 1.82) is 0 Å². The monoisotopic (exact) mass is 351 g/mol. The van der Waals surface area contributed by atoms with Crippen molar-refractivity contribution in [3.63, 3.8) is 0 Å². The largest absolute Gasteiger partial charge is 0.489 e. The molecule has 4 nitrogen and oxygen atoms in total. The summed E-state index contributed by atoms with van der Waals surface area (Å²) in [7, 11) is 0. The molecule has 0 aliphatic rings. The molecule has 0 fully saturated rings. The zero-order valence-electron chi connectivity index (χ0n) is 14.6. The number of fused-ring (bicyclic) bond motifs is 3. The fourth-order valence-corrected chi connectivity index (χ4v) is 3.19. The predicted molar refractivity (Wildman–Crippen MR) is 107 cm³/mol. The summed E-state index contributed by atoms with van der Waals surface area (Å²) in [4.78, 5) is 4.57. The lowest BCUT2D eigenvalue weighted by molar-refractivity contribution is 0.306. The summed E-state index contributed by atoms with van der Waals surface area (Å²) in [6.45, 7) is 0.536. The standard InChI is InChI=1S/C23H17N3O/c1-3-7-17(8-4-1)16-27-20-11-12-22-21(13-20)23-18(14-24-22)15-26(25-23)19-9-5-2-6-10-19/h1-15H,16H2. The second-order valence-corrected chi connectivity index (χ2v) is 6.42. The lowest BCUT2D eigenvalue weighted by Gasteiger charge is -2.07. The van der Waals surface area contributed by atoms with E-state index < -0.39 is 0 Å². The van der Waals surface area contributed by atoms with Gasteiger partial charge in [0.2, 0.25) is 0 Å². The van der Waals surface area contributed by atoms with Gasteiger partial charge in [-0.3, -0.25) is 4.98 Å². The van der Waals surface area contributed by atoms with Crippen LogP contribution in [0.4, 0.5) is 0 Å². The van der Waals surface area contributed by atoms with Crippen LogP contribution in [0.5, 0.6) is 5.75 Å². The van der Waals surface area contributed by atoms with Crippen LogP contribution in [-0.4, -0.2) is 14.8 Å². The molecule has 0 aliphatic heterocycles. The van der Waals surface area contributed by atoms with Crippen molar-refractivity contribution in [3.8, 4) is 11.4 Å². The third-order valence-electron chi connectivity index (χ3n) is 4.58. The molecule has 0 aliphatic carbocycles. The Balaban J connectivity index is 1.54. The maximum Gasteiger partial charge on any atom is 0.120 e. The lowest BCUT2D eigenvalue weighted by Crippen LogP contribution is -1.95. The summed E-state index contributed by atoms with van der Waals surface area (Å²) in [5.74, 6) is 0.815. The molecule has 0 spiro atoms. The van der Waals surface area contributed by atoms with Crippen LogP contribution in [0.1, 0.15) is 5.56 Å². The molecule has 0 unspecified atom stereocenters. The Bertz CT molecular complexity index is 1210. The quantitative estimate of drug-likeness (QED) is 0.449. The first kappa shape index (κ1) is 15.6. The van der Waals surface area contributed by atoms with Crippen LogP contribution in [0.25, 0.3) is 27.5 Å². The summed E-state index contributed by atoms with van der Waals surface area (Å²) in [5.41, 5.74) is 4.00. The van der Waals surface area contributed by atoms with E-state index in [1.165, 1.54) is 0 Å². The number of para-hydroxylation sites is 1. The molecular formula is C23H17N3O. The minimum absolute atomic E-state index is 0.536. The Kier molecular flexibility index (Phi) is 3.79. The van der Waals surface area contributed by atoms with Gasteiger partial charge in [0, 0.05) is 23.2 Å². The summed E-state index contributed by atoms with van der Waals surface area (Å²) in [5, 5.41) is 6.79. The van der Waals surface area contributed by atoms with Crippen LogP contribution < -0.4 is 4.74 Å². The number of benzene rings is 3. The van der Waals surface area contributed by atoms with Crippen LogP contribution >= 0.6 is 0 Å². The zero-order valence-corrected chi connectivity index (χ0v) is 14.6. The molecule has 0 saturated heterocycles. The van der Waals surface area contributed by atoms with E-state index in [1.807, 2.05) is 83.8 Å². The van der Waals surface area contributed by atoms with Gasteiger partial charge in [0.1, 0.15) is 17.9 Å². The number of aromatic nitrogens is 3. The molecule has 2 aromatic heterocycles. The minimum atomic E-state index is 0.536. The average molecular weight is 351 g/mol. The highest BCUT2D eigenvalue weighted by molar-refractivity contribution is 6.03. The molecule has 0 N–H and O–H groups in total. The maximum atomic E-state index is 5.98. The van der Waals surface area contributed by atoms with Gasteiger partial charge in [-0.2, -0.15) is 5.10 Å². The second kappa shape index (κ2) is 6.57. The van der Waals surface area contributed by atoms with Crippen LogP contribution in [0.2, 0.25) is 0 Å². The van der Waals surface area contributed by atoms with Gasteiger partial charge < -0.3 is 4.74 Å². The molecule has 0 bridgehead atoms. The van der Waals surface area contributed by atoms with Crippen molar-refractivity contribution in [2.75, 3.05) is 0 Å². The number of pyridine rings is 1. The van der Waals surface area contributed by atoms with Gasteiger partial charge in [-0.1, -0.05) is 48.5 Å². The fraction of sp³-hybridized carbons (Fsp3) is 0.0435. The third-order valence-corrected chi connectivity index (χ3v) is 4.58. The minimum Gasteiger partial charge on any atom is -0.489 e. The van der Waals surface area contributed by atoms with Crippen molar-refractivity contribution in [3.05, 3.63) is 96.8 Å². The van der Waals surface area contributed by atoms with Gasteiger partial charge in [-0.15, -0.1) is 0 Å². The number of ether oxygens (including phenoxy) is 1. The molecule has 0 saturated carbocycles. The molecule has 5 aromatic rings. The van der Waals surface area contributed by atoms with Gasteiger partial charge in [-0.25, -0.2) is 4.68 Å². The van der Waals surface area contributed by atoms with E-state index in [-0.39, 0.29) is 0 Å². The Morgan fingerprint density at radius 3 is 2.44 bits per heavy atom. The zero-order chi connectivity index (χ0) is 18.1. The molecule has 0 radical (unpaired) electrons. The normalized spacial score (nSPS) is 11.1. The highest BCUT2D eigenvalue weighted by atomic mass is 16.5. The van der Waals surface area contributed by atoms with E-state index in [2.05, 4.69) is 17.1 Å². The van der Waals surface area contributed by atoms with Crippen LogP contribution in [-0.2, 0) is 6.61 Å². The molecule has 27 heavy (non-hydrogen) atoms. The number of hydrogen-bond acceptors (Lipinski definition) is 3. The van der Waals surface area contributed by atoms with Crippen molar-refractivity contribution in [1.82, 2.24) is 14.8 Å². The first-order valence-corrected chi connectivity index (χ1v) is 8.87. The van der Waals surface area contributed by atoms with Crippen molar-refractivity contribution < 1.29 is 4.74 Å². The maximum absolute atomic E-state index is 5.98. The smallest absolute Gasteiger partial charge is 0.120 e. The van der Waals surface area contributed by atoms with E-state index >= 15 is 0 Å². The van der Waals surface area contributed by atoms with Crippen LogP contribution in [0.15, 0.2) is 91.3 Å². The summed E-state index contributed by atoms with van der Waals surface area (Å²) in [6.07, 6.45) is 3.88. The van der Waals surface area contributed by atoms with Gasteiger partial charge in [0.05, 0.1) is 11.2 Å². The van der Waals surface area contributed by atoms with Crippen LogP contribution in [0.3, 0.4) is 0 Å². The molecular weight excluding hydrogens is 334 g/mol. The number of rotatable bonds is 4. The Hall–Kier alpha value is -3.66. The average Bonchev–Trinajstić information content (AvgIpc) is 3.18. The fourth-order valence-electron chi connectivity index (χ4n) is 3.19. The summed E-state index contributed by atoms with van der Waals surface area (Å²) in [6, 6.07) is 26.2. The third kappa shape index (κ3) is 3.02. The topological polar surface area (TPSA) is 39.9 Å². The molecule has 130 valence electrons. The lowest BCUT2D eigenvalue weighted by atomic mass is 10.1. The van der Waals surface area contributed by atoms with Gasteiger partial charge in [0.15, 0.2) is 0 Å². The predicted octanol–water partition coefficient (Wildman–Crippen LogP) is 5.15. The second-order valence-electron chi connectivity index (χ2n) is 6.42. The highest BCUT2D eigenvalue weighted by Gasteiger charge is 2.09. The van der Waals surface area contributed by atoms with E-state index in [1.54, 1.807) is 0 Å². The first-order valence-electron chi connectivity index (χ1n) is 8.87. The molecule has 0 amide bonds. The number of nitrogens with zero attached hydrogens (tertiary/aromatic N) is 3. The molecule has 5 rings (SSSR count).